The molecule has 1 fully saturated rings. The monoisotopic (exact) mass is 397 g/mol. The molecule has 4 N–H and O–H groups in total. The third-order valence-corrected chi connectivity index (χ3v) is 6.08. The molecular formula is C20H23N5O2S. The van der Waals surface area contributed by atoms with Crippen LogP contribution in [0.25, 0.3) is 10.2 Å². The number of aromatic nitrogens is 2. The van der Waals surface area contributed by atoms with Crippen LogP contribution in [0.4, 0.5) is 11.4 Å². The number of aliphatic hydroxyl groups is 1. The van der Waals surface area contributed by atoms with Crippen LogP contribution in [0.3, 0.4) is 0 Å². The van der Waals surface area contributed by atoms with Crippen LogP contribution in [-0.4, -0.2) is 46.2 Å². The molecule has 3 atom stereocenters. The lowest BCUT2D eigenvalue weighted by atomic mass is 9.92. The maximum atomic E-state index is 12.8. The van der Waals surface area contributed by atoms with Gasteiger partial charge < -0.3 is 21.1 Å². The number of fused-ring (bicyclic) bond motifs is 1. The molecule has 3 aromatic rings. The number of amides is 1. The number of hydrogen-bond acceptors (Lipinski definition) is 7. The summed E-state index contributed by atoms with van der Waals surface area (Å²) in [6.07, 6.45) is 2.79. The van der Waals surface area contributed by atoms with Crippen molar-refractivity contribution < 1.29 is 9.90 Å². The number of hydrogen-bond donors (Lipinski definition) is 3. The molecule has 0 saturated carbocycles. The summed E-state index contributed by atoms with van der Waals surface area (Å²) in [5, 5.41) is 13.1. The number of pyridine rings is 2. The van der Waals surface area contributed by atoms with E-state index in [9.17, 15) is 9.90 Å². The largest absolute Gasteiger partial charge is 0.391 e. The zero-order valence-electron chi connectivity index (χ0n) is 15.8. The quantitative estimate of drug-likeness (QED) is 0.627. The van der Waals surface area contributed by atoms with Crippen LogP contribution in [0.5, 0.6) is 0 Å². The van der Waals surface area contributed by atoms with Gasteiger partial charge in [-0.2, -0.15) is 0 Å². The molecule has 0 radical (unpaired) electrons. The van der Waals surface area contributed by atoms with E-state index in [2.05, 4.69) is 20.2 Å². The fraction of sp³-hybridized carbons (Fsp3) is 0.350. The Bertz CT molecular complexity index is 1010. The molecule has 3 unspecified atom stereocenters. The van der Waals surface area contributed by atoms with Crippen molar-refractivity contribution in [3.05, 3.63) is 47.2 Å². The molecule has 28 heavy (non-hydrogen) atoms. The van der Waals surface area contributed by atoms with E-state index in [-0.39, 0.29) is 17.9 Å². The third kappa shape index (κ3) is 3.58. The average Bonchev–Trinajstić information content (AvgIpc) is 3.05. The normalized spacial score (nSPS) is 22.4. The van der Waals surface area contributed by atoms with Gasteiger partial charge in [-0.3, -0.25) is 9.78 Å². The van der Waals surface area contributed by atoms with Gasteiger partial charge in [0.1, 0.15) is 5.69 Å². The van der Waals surface area contributed by atoms with Crippen LogP contribution in [0, 0.1) is 12.8 Å². The number of carbonyl (C=O) groups excluding carboxylic acids is 1. The second-order valence-corrected chi connectivity index (χ2v) is 8.61. The second kappa shape index (κ2) is 7.46. The van der Waals surface area contributed by atoms with E-state index in [0.29, 0.717) is 24.5 Å². The second-order valence-electron chi connectivity index (χ2n) is 7.32. The van der Waals surface area contributed by atoms with E-state index in [4.69, 9.17) is 5.73 Å². The van der Waals surface area contributed by atoms with Crippen LogP contribution < -0.4 is 16.0 Å². The number of nitrogens with one attached hydrogen (secondary N) is 1. The molecule has 8 heteroatoms. The minimum atomic E-state index is -0.527. The predicted molar refractivity (Wildman–Crippen MR) is 112 cm³/mol. The van der Waals surface area contributed by atoms with Crippen LogP contribution in [0.15, 0.2) is 36.7 Å². The first-order chi connectivity index (χ1) is 13.4. The van der Waals surface area contributed by atoms with E-state index in [1.165, 1.54) is 0 Å². The maximum Gasteiger partial charge on any atom is 0.274 e. The van der Waals surface area contributed by atoms with Crippen molar-refractivity contribution in [2.24, 2.45) is 11.7 Å². The Morgan fingerprint density at radius 3 is 2.96 bits per heavy atom. The Morgan fingerprint density at radius 1 is 1.36 bits per heavy atom. The van der Waals surface area contributed by atoms with Gasteiger partial charge in [-0.1, -0.05) is 6.92 Å². The highest BCUT2D eigenvalue weighted by atomic mass is 32.1. The van der Waals surface area contributed by atoms with Crippen molar-refractivity contribution in [3.8, 4) is 0 Å². The first kappa shape index (κ1) is 18.8. The number of anilines is 2. The standard InChI is InChI=1S/C20H23N5O2S/c1-11-9-25(10-13(21)19(11)26)17-5-6-22-8-16(17)24-20(27)14-3-4-18-15(23-14)7-12(2)28-18/h3-8,11,13,19,26H,9-10,21H2,1-2H3,(H,24,27). The van der Waals surface area contributed by atoms with Crippen LogP contribution in [0.2, 0.25) is 0 Å². The van der Waals surface area contributed by atoms with Crippen molar-refractivity contribution in [1.82, 2.24) is 9.97 Å². The fourth-order valence-corrected chi connectivity index (χ4v) is 4.49. The number of carbonyl (C=O) groups is 1. The molecule has 1 amide bonds. The van der Waals surface area contributed by atoms with Gasteiger partial charge >= 0.3 is 0 Å². The molecule has 4 rings (SSSR count). The first-order valence-electron chi connectivity index (χ1n) is 9.23. The molecule has 7 nitrogen and oxygen atoms in total. The summed E-state index contributed by atoms with van der Waals surface area (Å²) in [7, 11) is 0. The Hall–Kier alpha value is -2.55. The van der Waals surface area contributed by atoms with Crippen molar-refractivity contribution >= 4 is 38.8 Å². The van der Waals surface area contributed by atoms with Gasteiger partial charge in [0.2, 0.25) is 0 Å². The van der Waals surface area contributed by atoms with Gasteiger partial charge in [-0.15, -0.1) is 11.3 Å². The zero-order chi connectivity index (χ0) is 19.8. The minimum Gasteiger partial charge on any atom is -0.391 e. The highest BCUT2D eigenvalue weighted by molar-refractivity contribution is 7.18. The molecule has 1 aliphatic heterocycles. The summed E-state index contributed by atoms with van der Waals surface area (Å²) in [5.41, 5.74) is 8.72. The summed E-state index contributed by atoms with van der Waals surface area (Å²) in [6.45, 7) is 5.16. The molecule has 0 spiro atoms. The van der Waals surface area contributed by atoms with Gasteiger partial charge in [0.25, 0.3) is 5.91 Å². The highest BCUT2D eigenvalue weighted by Gasteiger charge is 2.32. The minimum absolute atomic E-state index is 0.0337. The summed E-state index contributed by atoms with van der Waals surface area (Å²) < 4.78 is 1.06. The number of nitrogens with zero attached hydrogens (tertiary/aromatic N) is 3. The summed E-state index contributed by atoms with van der Waals surface area (Å²) in [4.78, 5) is 24.7. The SMILES string of the molecule is Cc1cc2nc(C(=O)Nc3cnccc3N3CC(C)C(O)C(N)C3)ccc2s1. The molecule has 1 aliphatic rings. The van der Waals surface area contributed by atoms with Crippen LogP contribution in [-0.2, 0) is 0 Å². The Morgan fingerprint density at radius 2 is 2.18 bits per heavy atom. The van der Waals surface area contributed by atoms with Gasteiger partial charge in [0.15, 0.2) is 0 Å². The van der Waals surface area contributed by atoms with Gasteiger partial charge in [0.05, 0.1) is 33.9 Å². The lowest BCUT2D eigenvalue weighted by molar-refractivity contribution is 0.0785. The lowest BCUT2D eigenvalue weighted by Crippen LogP contribution is -2.55. The summed E-state index contributed by atoms with van der Waals surface area (Å²) in [6, 6.07) is 7.15. The van der Waals surface area contributed by atoms with E-state index < -0.39 is 6.10 Å². The number of piperidine rings is 1. The lowest BCUT2D eigenvalue weighted by Gasteiger charge is -2.40. The first-order valence-corrected chi connectivity index (χ1v) is 10.0. The Kier molecular flexibility index (Phi) is 5.01. The van der Waals surface area contributed by atoms with E-state index in [1.807, 2.05) is 32.0 Å². The zero-order valence-corrected chi connectivity index (χ0v) is 16.6. The number of aryl methyl sites for hydroxylation is 1. The molecule has 0 aliphatic carbocycles. The van der Waals surface area contributed by atoms with E-state index in [1.54, 1.807) is 29.8 Å². The number of rotatable bonds is 3. The Labute approximate surface area is 167 Å². The topological polar surface area (TPSA) is 104 Å². The highest BCUT2D eigenvalue weighted by Crippen LogP contribution is 2.30. The van der Waals surface area contributed by atoms with E-state index in [0.717, 1.165) is 20.8 Å². The number of aliphatic hydroxyl groups excluding tert-OH is 1. The van der Waals surface area contributed by atoms with Crippen LogP contribution >= 0.6 is 11.3 Å². The molecule has 0 aromatic carbocycles. The maximum absolute atomic E-state index is 12.8. The van der Waals surface area contributed by atoms with Gasteiger partial charge in [0, 0.05) is 36.1 Å². The molecule has 0 bridgehead atoms. The van der Waals surface area contributed by atoms with Crippen molar-refractivity contribution in [1.29, 1.82) is 0 Å². The smallest absolute Gasteiger partial charge is 0.274 e. The van der Waals surface area contributed by atoms with Gasteiger partial charge in [-0.25, -0.2) is 4.98 Å². The predicted octanol–water partition coefficient (Wildman–Crippen LogP) is 2.40. The summed E-state index contributed by atoms with van der Waals surface area (Å²) >= 11 is 1.66. The van der Waals surface area contributed by atoms with Gasteiger partial charge in [-0.05, 0) is 31.2 Å². The Balaban J connectivity index is 1.58. The molecular weight excluding hydrogens is 374 g/mol. The summed E-state index contributed by atoms with van der Waals surface area (Å²) in [5.74, 6) is -0.249. The van der Waals surface area contributed by atoms with Crippen molar-refractivity contribution in [3.63, 3.8) is 0 Å². The molecule has 4 heterocycles. The number of nitrogens with two attached hydrogens (primary N) is 1. The molecule has 1 saturated heterocycles. The van der Waals surface area contributed by atoms with Crippen molar-refractivity contribution in [2.75, 3.05) is 23.3 Å². The van der Waals surface area contributed by atoms with Crippen LogP contribution in [0.1, 0.15) is 22.3 Å². The van der Waals surface area contributed by atoms with E-state index >= 15 is 0 Å². The number of thiophene rings is 1. The molecule has 3 aromatic heterocycles. The molecule has 146 valence electrons. The average molecular weight is 398 g/mol. The van der Waals surface area contributed by atoms with Crippen molar-refractivity contribution in [2.45, 2.75) is 26.0 Å². The third-order valence-electron chi connectivity index (χ3n) is 5.08. The fourth-order valence-electron chi connectivity index (χ4n) is 3.63.